The van der Waals surface area contributed by atoms with E-state index in [4.69, 9.17) is 30.2 Å². The Bertz CT molecular complexity index is 1020. The lowest BCUT2D eigenvalue weighted by Crippen LogP contribution is -2.16. The Hall–Kier alpha value is -3.06. The molecule has 3 aromatic rings. The molecular formula is C21H19ClN2O5. The molecule has 4 rings (SSSR count). The minimum atomic E-state index is -0.369. The van der Waals surface area contributed by atoms with Crippen LogP contribution < -0.4 is 9.47 Å². The highest BCUT2D eigenvalue weighted by Crippen LogP contribution is 2.38. The van der Waals surface area contributed by atoms with Crippen molar-refractivity contribution in [3.05, 3.63) is 58.4 Å². The van der Waals surface area contributed by atoms with Crippen LogP contribution in [0.15, 0.2) is 40.8 Å². The van der Waals surface area contributed by atoms with Crippen molar-refractivity contribution in [1.82, 2.24) is 10.2 Å². The average Bonchev–Trinajstić information content (AvgIpc) is 3.20. The molecule has 0 bridgehead atoms. The number of carbonyl (C=O) groups excluding carboxylic acids is 1. The van der Waals surface area contributed by atoms with E-state index < -0.39 is 0 Å². The molecule has 0 aliphatic carbocycles. The normalized spacial score (nSPS) is 12.6. The fourth-order valence-electron chi connectivity index (χ4n) is 2.86. The minimum absolute atomic E-state index is 0.0909. The van der Waals surface area contributed by atoms with Crippen molar-refractivity contribution in [3.8, 4) is 23.0 Å². The van der Waals surface area contributed by atoms with Crippen LogP contribution in [0.3, 0.4) is 0 Å². The topological polar surface area (TPSA) is 83.7 Å². The molecule has 0 saturated heterocycles. The van der Waals surface area contributed by atoms with E-state index >= 15 is 0 Å². The maximum atomic E-state index is 12.1. The molecule has 150 valence electrons. The molecule has 0 N–H and O–H groups in total. The fourth-order valence-corrected chi connectivity index (χ4v) is 3.15. The lowest BCUT2D eigenvalue weighted by molar-refractivity contribution is -0.145. The number of nitrogens with zero attached hydrogens (tertiary/aromatic N) is 2. The van der Waals surface area contributed by atoms with Gasteiger partial charge in [-0.15, -0.1) is 10.2 Å². The van der Waals surface area contributed by atoms with E-state index in [0.717, 1.165) is 16.7 Å². The van der Waals surface area contributed by atoms with Crippen LogP contribution >= 0.6 is 11.6 Å². The maximum absolute atomic E-state index is 12.1. The standard InChI is InChI=1S/C21H19ClN2O5/c1-13-2-4-15(5-3-13)21-24-23-18(29-21)6-7-19(25)28-12-14-10-16(22)20-17(11-14)26-8-9-27-20/h2-5,10-11H,6-9,12H2,1H3. The first-order valence-electron chi connectivity index (χ1n) is 9.21. The van der Waals surface area contributed by atoms with Crippen molar-refractivity contribution in [2.24, 2.45) is 0 Å². The zero-order valence-electron chi connectivity index (χ0n) is 15.8. The highest BCUT2D eigenvalue weighted by Gasteiger charge is 2.17. The second-order valence-electron chi connectivity index (χ2n) is 6.63. The number of ether oxygens (including phenoxy) is 3. The molecule has 2 heterocycles. The first-order valence-corrected chi connectivity index (χ1v) is 9.59. The number of esters is 1. The third kappa shape index (κ3) is 4.68. The molecule has 1 aliphatic rings. The molecule has 0 amide bonds. The van der Waals surface area contributed by atoms with Crippen LogP contribution in [-0.4, -0.2) is 29.4 Å². The molecular weight excluding hydrogens is 396 g/mol. The van der Waals surface area contributed by atoms with Crippen LogP contribution in [0.2, 0.25) is 5.02 Å². The highest BCUT2D eigenvalue weighted by atomic mass is 35.5. The van der Waals surface area contributed by atoms with E-state index in [2.05, 4.69) is 10.2 Å². The van der Waals surface area contributed by atoms with Gasteiger partial charge >= 0.3 is 5.97 Å². The quantitative estimate of drug-likeness (QED) is 0.560. The summed E-state index contributed by atoms with van der Waals surface area (Å²) < 4.78 is 21.9. The van der Waals surface area contributed by atoms with E-state index in [9.17, 15) is 4.79 Å². The summed E-state index contributed by atoms with van der Waals surface area (Å²) in [4.78, 5) is 12.1. The van der Waals surface area contributed by atoms with Gasteiger partial charge in [0.2, 0.25) is 11.8 Å². The Balaban J connectivity index is 1.30. The Morgan fingerprint density at radius 2 is 1.93 bits per heavy atom. The smallest absolute Gasteiger partial charge is 0.306 e. The Labute approximate surface area is 172 Å². The van der Waals surface area contributed by atoms with Crippen molar-refractivity contribution in [2.75, 3.05) is 13.2 Å². The number of halogens is 1. The third-order valence-electron chi connectivity index (χ3n) is 4.36. The number of benzene rings is 2. The summed E-state index contributed by atoms with van der Waals surface area (Å²) in [7, 11) is 0. The largest absolute Gasteiger partial charge is 0.486 e. The molecule has 0 saturated carbocycles. The lowest BCUT2D eigenvalue weighted by Gasteiger charge is -2.20. The predicted molar refractivity (Wildman–Crippen MR) is 105 cm³/mol. The van der Waals surface area contributed by atoms with Gasteiger partial charge in [0.1, 0.15) is 19.8 Å². The molecule has 2 aromatic carbocycles. The van der Waals surface area contributed by atoms with Crippen LogP contribution in [-0.2, 0) is 22.6 Å². The first-order chi connectivity index (χ1) is 14.1. The zero-order valence-corrected chi connectivity index (χ0v) is 16.6. The van der Waals surface area contributed by atoms with Gasteiger partial charge in [-0.25, -0.2) is 0 Å². The number of rotatable bonds is 6. The van der Waals surface area contributed by atoms with Gasteiger partial charge in [-0.05, 0) is 36.8 Å². The van der Waals surface area contributed by atoms with Gasteiger partial charge in [0.25, 0.3) is 0 Å². The van der Waals surface area contributed by atoms with Gasteiger partial charge in [-0.3, -0.25) is 4.79 Å². The minimum Gasteiger partial charge on any atom is -0.486 e. The van der Waals surface area contributed by atoms with Crippen LogP contribution in [0, 0.1) is 6.92 Å². The van der Waals surface area contributed by atoms with E-state index in [0.29, 0.717) is 47.9 Å². The van der Waals surface area contributed by atoms with E-state index in [1.807, 2.05) is 31.2 Å². The van der Waals surface area contributed by atoms with Gasteiger partial charge in [-0.1, -0.05) is 29.3 Å². The van der Waals surface area contributed by atoms with Crippen LogP contribution in [0.5, 0.6) is 11.5 Å². The summed E-state index contributed by atoms with van der Waals surface area (Å²) >= 11 is 6.19. The molecule has 8 heteroatoms. The molecule has 1 aliphatic heterocycles. The molecule has 0 fully saturated rings. The van der Waals surface area contributed by atoms with Crippen LogP contribution in [0.4, 0.5) is 0 Å². The maximum Gasteiger partial charge on any atom is 0.306 e. The zero-order chi connectivity index (χ0) is 20.2. The second kappa shape index (κ2) is 8.53. The second-order valence-corrected chi connectivity index (χ2v) is 7.04. The van der Waals surface area contributed by atoms with Crippen LogP contribution in [0.25, 0.3) is 11.5 Å². The van der Waals surface area contributed by atoms with E-state index in [-0.39, 0.29) is 19.0 Å². The molecule has 29 heavy (non-hydrogen) atoms. The predicted octanol–water partition coefficient (Wildman–Crippen LogP) is 4.15. The van der Waals surface area contributed by atoms with E-state index in [1.54, 1.807) is 12.1 Å². The average molecular weight is 415 g/mol. The molecule has 0 radical (unpaired) electrons. The van der Waals surface area contributed by atoms with Crippen molar-refractivity contribution in [1.29, 1.82) is 0 Å². The Kier molecular flexibility index (Phi) is 5.67. The number of aromatic nitrogens is 2. The monoisotopic (exact) mass is 414 g/mol. The Morgan fingerprint density at radius 1 is 1.14 bits per heavy atom. The van der Waals surface area contributed by atoms with Crippen molar-refractivity contribution < 1.29 is 23.4 Å². The van der Waals surface area contributed by atoms with Gasteiger partial charge in [0.15, 0.2) is 11.5 Å². The molecule has 0 atom stereocenters. The first kappa shape index (κ1) is 19.3. The highest BCUT2D eigenvalue weighted by molar-refractivity contribution is 6.32. The van der Waals surface area contributed by atoms with Crippen molar-refractivity contribution >= 4 is 17.6 Å². The molecule has 1 aromatic heterocycles. The van der Waals surface area contributed by atoms with Crippen molar-refractivity contribution in [2.45, 2.75) is 26.4 Å². The summed E-state index contributed by atoms with van der Waals surface area (Å²) in [5, 5.41) is 8.45. The summed E-state index contributed by atoms with van der Waals surface area (Å²) in [6.45, 7) is 3.02. The number of aryl methyl sites for hydroxylation is 2. The third-order valence-corrected chi connectivity index (χ3v) is 4.65. The van der Waals surface area contributed by atoms with Gasteiger partial charge in [-0.2, -0.15) is 0 Å². The number of fused-ring (bicyclic) bond motifs is 1. The fraction of sp³-hybridized carbons (Fsp3) is 0.286. The molecule has 0 unspecified atom stereocenters. The van der Waals surface area contributed by atoms with Gasteiger partial charge in [0, 0.05) is 12.0 Å². The number of hydrogen-bond acceptors (Lipinski definition) is 7. The molecule has 7 nitrogen and oxygen atoms in total. The van der Waals surface area contributed by atoms with Gasteiger partial charge < -0.3 is 18.6 Å². The summed E-state index contributed by atoms with van der Waals surface area (Å²) in [5.74, 6) is 1.53. The van der Waals surface area contributed by atoms with Crippen molar-refractivity contribution in [3.63, 3.8) is 0 Å². The summed E-state index contributed by atoms with van der Waals surface area (Å²) in [5.41, 5.74) is 2.72. The number of carbonyl (C=O) groups is 1. The number of hydrogen-bond donors (Lipinski definition) is 0. The lowest BCUT2D eigenvalue weighted by atomic mass is 10.1. The van der Waals surface area contributed by atoms with Gasteiger partial charge in [0.05, 0.1) is 11.4 Å². The SMILES string of the molecule is Cc1ccc(-c2nnc(CCC(=O)OCc3cc(Cl)c4c(c3)OCCO4)o2)cc1. The Morgan fingerprint density at radius 3 is 2.76 bits per heavy atom. The summed E-state index contributed by atoms with van der Waals surface area (Å²) in [6.07, 6.45) is 0.438. The van der Waals surface area contributed by atoms with E-state index in [1.165, 1.54) is 0 Å². The van der Waals surface area contributed by atoms with Crippen LogP contribution in [0.1, 0.15) is 23.4 Å². The summed E-state index contributed by atoms with van der Waals surface area (Å²) in [6, 6.07) is 11.2. The molecule has 0 spiro atoms.